The van der Waals surface area contributed by atoms with Crippen LogP contribution in [0, 0.1) is 0 Å². The van der Waals surface area contributed by atoms with Gasteiger partial charge in [0.2, 0.25) is 0 Å². The predicted molar refractivity (Wildman–Crippen MR) is 182 cm³/mol. The fourth-order valence-corrected chi connectivity index (χ4v) is 5.42. The van der Waals surface area contributed by atoms with Crippen LogP contribution >= 0.6 is 0 Å². The summed E-state index contributed by atoms with van der Waals surface area (Å²) in [4.78, 5) is 0. The number of hydrogen-bond donors (Lipinski definition) is 0. The van der Waals surface area contributed by atoms with Crippen LogP contribution in [0.3, 0.4) is 0 Å². The quantitative estimate of drug-likeness (QED) is 0.163. The first-order chi connectivity index (χ1) is 19.6. The van der Waals surface area contributed by atoms with Gasteiger partial charge in [-0.15, -0.1) is 0 Å². The first kappa shape index (κ1) is 42.9. The average molecular weight is 743 g/mol. The minimum atomic E-state index is 0. The fraction of sp³-hybridized carbons (Fsp3) is 0.684. The molecular formula is C38H66Br2N2O2. The van der Waals surface area contributed by atoms with Crippen LogP contribution in [-0.2, 0) is 10.8 Å². The van der Waals surface area contributed by atoms with Gasteiger partial charge in [0, 0.05) is 0 Å². The summed E-state index contributed by atoms with van der Waals surface area (Å²) in [5.41, 5.74) is 3.09. The van der Waals surface area contributed by atoms with Gasteiger partial charge in [-0.1, -0.05) is 65.8 Å². The third kappa shape index (κ3) is 18.2. The molecular weight excluding hydrogens is 676 g/mol. The molecule has 0 amide bonds. The van der Waals surface area contributed by atoms with Gasteiger partial charge in [-0.05, 0) is 97.6 Å². The lowest BCUT2D eigenvalue weighted by atomic mass is 9.87. The van der Waals surface area contributed by atoms with Gasteiger partial charge in [0.25, 0.3) is 0 Å². The molecule has 0 radical (unpaired) electrons. The number of hydrogen-bond acceptors (Lipinski definition) is 2. The zero-order valence-electron chi connectivity index (χ0n) is 30.0. The van der Waals surface area contributed by atoms with Crippen LogP contribution < -0.4 is 43.4 Å². The average Bonchev–Trinajstić information content (AvgIpc) is 2.89. The van der Waals surface area contributed by atoms with Gasteiger partial charge in [-0.2, -0.15) is 0 Å². The van der Waals surface area contributed by atoms with E-state index in [1.807, 2.05) is 0 Å². The molecule has 0 saturated carbocycles. The SMILES string of the molecule is CC(C)(C)c1ccc(OCCCC[N+](C)(C)CCCCCC[N+](C)(C)CCCCOc2ccc(C(C)(C)C)cc2)cc1.[Br-].[Br-]. The van der Waals surface area contributed by atoms with Crippen molar-refractivity contribution in [2.45, 2.75) is 104 Å². The molecule has 4 nitrogen and oxygen atoms in total. The zero-order valence-corrected chi connectivity index (χ0v) is 33.2. The van der Waals surface area contributed by atoms with E-state index in [-0.39, 0.29) is 44.8 Å². The highest BCUT2D eigenvalue weighted by atomic mass is 79.9. The molecule has 0 atom stereocenters. The highest BCUT2D eigenvalue weighted by Crippen LogP contribution is 2.25. The monoisotopic (exact) mass is 740 g/mol. The first-order valence-corrected chi connectivity index (χ1v) is 16.7. The lowest BCUT2D eigenvalue weighted by Crippen LogP contribution is -3.00. The maximum Gasteiger partial charge on any atom is 0.119 e. The van der Waals surface area contributed by atoms with Crippen molar-refractivity contribution in [1.82, 2.24) is 0 Å². The molecule has 6 heteroatoms. The molecule has 0 heterocycles. The molecule has 2 aromatic rings. The molecule has 0 aliphatic rings. The predicted octanol–water partition coefficient (Wildman–Crippen LogP) is 3.02. The van der Waals surface area contributed by atoms with E-state index in [1.54, 1.807) is 0 Å². The Morgan fingerprint density at radius 2 is 0.705 bits per heavy atom. The number of benzene rings is 2. The van der Waals surface area contributed by atoms with E-state index < -0.39 is 0 Å². The highest BCUT2D eigenvalue weighted by Gasteiger charge is 2.17. The van der Waals surface area contributed by atoms with Crippen molar-refractivity contribution in [1.29, 1.82) is 0 Å². The first-order valence-electron chi connectivity index (χ1n) is 16.7. The molecule has 0 bridgehead atoms. The lowest BCUT2D eigenvalue weighted by molar-refractivity contribution is -0.891. The summed E-state index contributed by atoms with van der Waals surface area (Å²) in [5.74, 6) is 1.98. The Morgan fingerprint density at radius 1 is 0.432 bits per heavy atom. The van der Waals surface area contributed by atoms with Gasteiger partial charge in [-0.25, -0.2) is 0 Å². The summed E-state index contributed by atoms with van der Waals surface area (Å²) in [6.45, 7) is 20.1. The Morgan fingerprint density at radius 3 is 0.977 bits per heavy atom. The van der Waals surface area contributed by atoms with Crippen molar-refractivity contribution >= 4 is 0 Å². The molecule has 0 saturated heterocycles. The second-order valence-electron chi connectivity index (χ2n) is 15.8. The molecule has 0 aromatic heterocycles. The summed E-state index contributed by atoms with van der Waals surface area (Å²) < 4.78 is 14.2. The number of unbranched alkanes of at least 4 members (excludes halogenated alkanes) is 5. The topological polar surface area (TPSA) is 18.5 Å². The Hall–Kier alpha value is -1.08. The summed E-state index contributed by atoms with van der Waals surface area (Å²) >= 11 is 0. The minimum Gasteiger partial charge on any atom is -1.00 e. The summed E-state index contributed by atoms with van der Waals surface area (Å²) in [5, 5.41) is 0. The number of ether oxygens (including phenoxy) is 2. The van der Waals surface area contributed by atoms with Gasteiger partial charge in [-0.3, -0.25) is 0 Å². The molecule has 0 aliphatic carbocycles. The number of rotatable bonds is 19. The Balaban J connectivity index is 0.00000924. The van der Waals surface area contributed by atoms with Crippen molar-refractivity contribution in [2.24, 2.45) is 0 Å². The van der Waals surface area contributed by atoms with E-state index in [1.165, 1.54) is 75.8 Å². The highest BCUT2D eigenvalue weighted by molar-refractivity contribution is 5.31. The van der Waals surface area contributed by atoms with Gasteiger partial charge >= 0.3 is 0 Å². The summed E-state index contributed by atoms with van der Waals surface area (Å²) in [6.07, 6.45) is 10.0. The van der Waals surface area contributed by atoms with Crippen molar-refractivity contribution < 1.29 is 52.4 Å². The molecule has 0 spiro atoms. The number of quaternary nitrogens is 2. The number of halogens is 2. The van der Waals surface area contributed by atoms with Crippen molar-refractivity contribution in [3.8, 4) is 11.5 Å². The van der Waals surface area contributed by atoms with E-state index >= 15 is 0 Å². The van der Waals surface area contributed by atoms with E-state index in [0.717, 1.165) is 46.5 Å². The number of nitrogens with zero attached hydrogens (tertiary/aromatic N) is 2. The normalized spacial score (nSPS) is 12.3. The molecule has 2 rings (SSSR count). The zero-order chi connectivity index (χ0) is 31.3. The standard InChI is InChI=1S/C38H66N2O2.2BrH/c1-37(2,3)33-19-23-35(24-20-33)41-31-17-15-29-39(7,8)27-13-11-12-14-28-40(9,10)30-16-18-32-42-36-25-21-34(22-26-36)38(4,5)6;;/h19-26H,11-18,27-32H2,1-10H3;2*1H/q+2;;/p-2. The van der Waals surface area contributed by atoms with Crippen LogP contribution in [0.15, 0.2) is 48.5 Å². The second-order valence-corrected chi connectivity index (χ2v) is 15.8. The van der Waals surface area contributed by atoms with E-state index in [9.17, 15) is 0 Å². The van der Waals surface area contributed by atoms with Gasteiger partial charge < -0.3 is 52.4 Å². The Labute approximate surface area is 293 Å². The van der Waals surface area contributed by atoms with Crippen LogP contribution in [0.5, 0.6) is 11.5 Å². The fourth-order valence-electron chi connectivity index (χ4n) is 5.42. The Bertz CT molecular complexity index is 924. The molecule has 254 valence electrons. The molecule has 0 N–H and O–H groups in total. The van der Waals surface area contributed by atoms with Crippen molar-refractivity contribution in [2.75, 3.05) is 67.6 Å². The van der Waals surface area contributed by atoms with E-state index in [2.05, 4.69) is 118 Å². The maximum absolute atomic E-state index is 5.99. The Kier molecular flexibility index (Phi) is 19.7. The van der Waals surface area contributed by atoms with E-state index in [0.29, 0.717) is 0 Å². The third-order valence-electron chi connectivity index (χ3n) is 8.57. The lowest BCUT2D eigenvalue weighted by Gasteiger charge is -2.31. The summed E-state index contributed by atoms with van der Waals surface area (Å²) in [7, 11) is 9.54. The van der Waals surface area contributed by atoms with Gasteiger partial charge in [0.15, 0.2) is 0 Å². The largest absolute Gasteiger partial charge is 1.00 e. The molecule has 2 aromatic carbocycles. The van der Waals surface area contributed by atoms with Crippen molar-refractivity contribution in [3.63, 3.8) is 0 Å². The van der Waals surface area contributed by atoms with Crippen LogP contribution in [-0.4, -0.2) is 76.5 Å². The molecule has 0 unspecified atom stereocenters. The molecule has 44 heavy (non-hydrogen) atoms. The summed E-state index contributed by atoms with van der Waals surface area (Å²) in [6, 6.07) is 17.2. The molecule has 0 fully saturated rings. The van der Waals surface area contributed by atoms with Crippen LogP contribution in [0.25, 0.3) is 0 Å². The van der Waals surface area contributed by atoms with Crippen LogP contribution in [0.4, 0.5) is 0 Å². The smallest absolute Gasteiger partial charge is 0.119 e. The van der Waals surface area contributed by atoms with Crippen molar-refractivity contribution in [3.05, 3.63) is 59.7 Å². The van der Waals surface area contributed by atoms with Gasteiger partial charge in [0.1, 0.15) is 11.5 Å². The maximum atomic E-state index is 5.99. The second kappa shape index (κ2) is 20.2. The minimum absolute atomic E-state index is 0. The molecule has 0 aliphatic heterocycles. The van der Waals surface area contributed by atoms with Gasteiger partial charge in [0.05, 0.1) is 67.6 Å². The third-order valence-corrected chi connectivity index (χ3v) is 8.57. The van der Waals surface area contributed by atoms with E-state index in [4.69, 9.17) is 9.47 Å². The van der Waals surface area contributed by atoms with Crippen LogP contribution in [0.2, 0.25) is 0 Å². The van der Waals surface area contributed by atoms with Crippen LogP contribution in [0.1, 0.15) is 104 Å².